The number of H-pyrrole nitrogens is 2. The van der Waals surface area contributed by atoms with Gasteiger partial charge in [0, 0.05) is 29.2 Å². The van der Waals surface area contributed by atoms with Gasteiger partial charge in [-0.25, -0.2) is 4.98 Å². The summed E-state index contributed by atoms with van der Waals surface area (Å²) in [4.78, 5) is 47.6. The number of aromatic amines is 2. The monoisotopic (exact) mass is 440 g/mol. The van der Waals surface area contributed by atoms with Crippen LogP contribution in [0.5, 0.6) is 5.75 Å². The molecule has 0 saturated heterocycles. The Kier molecular flexibility index (Phi) is 7.14. The minimum Gasteiger partial charge on any atom is -0.496 e. The van der Waals surface area contributed by atoms with E-state index in [4.69, 9.17) is 10.5 Å². The Morgan fingerprint density at radius 2 is 1.97 bits per heavy atom. The van der Waals surface area contributed by atoms with E-state index >= 15 is 0 Å². The highest BCUT2D eigenvalue weighted by Crippen LogP contribution is 2.26. The average molecular weight is 441 g/mol. The van der Waals surface area contributed by atoms with Crippen LogP contribution in [0.3, 0.4) is 0 Å². The summed E-state index contributed by atoms with van der Waals surface area (Å²) in [7, 11) is 1.56. The number of hydrogen-bond donors (Lipinski definition) is 5. The van der Waals surface area contributed by atoms with E-state index in [0.29, 0.717) is 23.6 Å². The first kappa shape index (κ1) is 22.9. The third-order valence-electron chi connectivity index (χ3n) is 5.06. The van der Waals surface area contributed by atoms with E-state index in [-0.39, 0.29) is 12.3 Å². The number of nitrogens with one attached hydrogen (secondary N) is 4. The van der Waals surface area contributed by atoms with Crippen molar-refractivity contribution in [3.8, 4) is 5.75 Å². The molecule has 32 heavy (non-hydrogen) atoms. The lowest BCUT2D eigenvalue weighted by Gasteiger charge is -2.22. The third kappa shape index (κ3) is 5.45. The molecule has 170 valence electrons. The number of hydrogen-bond acceptors (Lipinski definition) is 5. The zero-order valence-corrected chi connectivity index (χ0v) is 18.3. The van der Waals surface area contributed by atoms with Crippen molar-refractivity contribution in [1.29, 1.82) is 0 Å². The minimum absolute atomic E-state index is 0.119. The summed E-state index contributed by atoms with van der Waals surface area (Å²) in [6.07, 6.45) is 3.59. The van der Waals surface area contributed by atoms with Crippen LogP contribution in [0.25, 0.3) is 10.9 Å². The smallest absolute Gasteiger partial charge is 0.268 e. The Labute approximate surface area is 185 Å². The zero-order chi connectivity index (χ0) is 23.3. The topological polar surface area (TPSA) is 155 Å². The zero-order valence-electron chi connectivity index (χ0n) is 18.3. The lowest BCUT2D eigenvalue weighted by molar-refractivity contribution is -0.128. The number of aromatic nitrogens is 3. The fourth-order valence-corrected chi connectivity index (χ4v) is 3.48. The van der Waals surface area contributed by atoms with Crippen molar-refractivity contribution in [3.05, 3.63) is 48.2 Å². The molecular weight excluding hydrogens is 412 g/mol. The molecule has 0 unspecified atom stereocenters. The number of imidazole rings is 1. The fourth-order valence-electron chi connectivity index (χ4n) is 3.48. The van der Waals surface area contributed by atoms with Crippen LogP contribution in [-0.4, -0.2) is 51.9 Å². The number of carbonyl (C=O) groups excluding carboxylic acids is 3. The Morgan fingerprint density at radius 1 is 1.19 bits per heavy atom. The maximum Gasteiger partial charge on any atom is 0.268 e. The van der Waals surface area contributed by atoms with Crippen molar-refractivity contribution >= 4 is 28.6 Å². The molecule has 2 heterocycles. The molecule has 3 aromatic rings. The van der Waals surface area contributed by atoms with E-state index in [1.54, 1.807) is 25.4 Å². The lowest BCUT2D eigenvalue weighted by atomic mass is 10.0. The molecule has 10 heteroatoms. The molecule has 0 radical (unpaired) electrons. The molecule has 0 bridgehead atoms. The second-order valence-electron chi connectivity index (χ2n) is 8.00. The molecule has 0 aliphatic carbocycles. The number of nitrogens with two attached hydrogens (primary N) is 1. The van der Waals surface area contributed by atoms with Gasteiger partial charge in [0.25, 0.3) is 5.91 Å². The van der Waals surface area contributed by atoms with Gasteiger partial charge in [0.05, 0.1) is 13.4 Å². The number of benzene rings is 1. The first-order valence-corrected chi connectivity index (χ1v) is 10.3. The molecule has 3 rings (SSSR count). The summed E-state index contributed by atoms with van der Waals surface area (Å²) in [5.41, 5.74) is 7.18. The number of fused-ring (bicyclic) bond motifs is 1. The Hall–Kier alpha value is -3.82. The number of rotatable bonds is 10. The number of methoxy groups -OCH3 is 1. The minimum atomic E-state index is -0.938. The van der Waals surface area contributed by atoms with Crippen LogP contribution in [0.15, 0.2) is 36.8 Å². The van der Waals surface area contributed by atoms with Crippen molar-refractivity contribution < 1.29 is 19.1 Å². The molecule has 0 fully saturated rings. The van der Waals surface area contributed by atoms with Crippen molar-refractivity contribution in [2.45, 2.75) is 38.8 Å². The first-order valence-electron chi connectivity index (χ1n) is 10.3. The van der Waals surface area contributed by atoms with Crippen LogP contribution in [0.1, 0.15) is 36.5 Å². The van der Waals surface area contributed by atoms with E-state index in [9.17, 15) is 14.4 Å². The average Bonchev–Trinajstić information content (AvgIpc) is 3.41. The Balaban J connectivity index is 1.75. The second-order valence-corrected chi connectivity index (χ2v) is 8.00. The summed E-state index contributed by atoms with van der Waals surface area (Å²) in [5, 5.41) is 6.19. The lowest BCUT2D eigenvalue weighted by Crippen LogP contribution is -2.54. The summed E-state index contributed by atoms with van der Waals surface area (Å²) in [6.45, 7) is 3.88. The number of carbonyl (C=O) groups is 3. The molecule has 0 saturated carbocycles. The van der Waals surface area contributed by atoms with Crippen LogP contribution in [-0.2, 0) is 16.0 Å². The van der Waals surface area contributed by atoms with Crippen LogP contribution in [0.4, 0.5) is 0 Å². The largest absolute Gasteiger partial charge is 0.496 e. The molecule has 1 aromatic carbocycles. The van der Waals surface area contributed by atoms with Crippen molar-refractivity contribution in [1.82, 2.24) is 25.6 Å². The summed E-state index contributed by atoms with van der Waals surface area (Å²) < 4.78 is 5.34. The molecule has 3 amide bonds. The van der Waals surface area contributed by atoms with E-state index in [0.717, 1.165) is 10.9 Å². The van der Waals surface area contributed by atoms with Crippen molar-refractivity contribution in [2.75, 3.05) is 7.11 Å². The number of ether oxygens (including phenoxy) is 1. The van der Waals surface area contributed by atoms with Gasteiger partial charge >= 0.3 is 0 Å². The fraction of sp³-hybridized carbons (Fsp3) is 0.364. The van der Waals surface area contributed by atoms with Gasteiger partial charge in [-0.05, 0) is 30.5 Å². The highest BCUT2D eigenvalue weighted by atomic mass is 16.5. The molecule has 2 aromatic heterocycles. The highest BCUT2D eigenvalue weighted by Gasteiger charge is 2.27. The Bertz CT molecular complexity index is 1090. The van der Waals surface area contributed by atoms with Gasteiger partial charge in [-0.2, -0.15) is 0 Å². The maximum absolute atomic E-state index is 13.0. The number of nitrogens with zero attached hydrogens (tertiary/aromatic N) is 1. The third-order valence-corrected chi connectivity index (χ3v) is 5.06. The molecule has 10 nitrogen and oxygen atoms in total. The van der Waals surface area contributed by atoms with Gasteiger partial charge in [0.2, 0.25) is 11.8 Å². The van der Waals surface area contributed by atoms with Crippen LogP contribution in [0.2, 0.25) is 0 Å². The second kappa shape index (κ2) is 9.99. The highest BCUT2D eigenvalue weighted by molar-refractivity contribution is 6.01. The molecular formula is C22H28N6O4. The quantitative estimate of drug-likeness (QED) is 0.321. The van der Waals surface area contributed by atoms with Gasteiger partial charge in [-0.3, -0.25) is 14.4 Å². The normalized spacial score (nSPS) is 13.0. The molecule has 0 aliphatic rings. The van der Waals surface area contributed by atoms with Crippen LogP contribution >= 0.6 is 0 Å². The molecule has 0 spiro atoms. The summed E-state index contributed by atoms with van der Waals surface area (Å²) >= 11 is 0. The summed E-state index contributed by atoms with van der Waals surface area (Å²) in [5.74, 6) is -0.839. The van der Waals surface area contributed by atoms with Gasteiger partial charge in [0.15, 0.2) is 0 Å². The number of amides is 3. The van der Waals surface area contributed by atoms with Crippen LogP contribution < -0.4 is 21.1 Å². The maximum atomic E-state index is 13.0. The Morgan fingerprint density at radius 3 is 2.59 bits per heavy atom. The first-order chi connectivity index (χ1) is 15.3. The van der Waals surface area contributed by atoms with E-state index in [1.165, 1.54) is 6.33 Å². The van der Waals surface area contributed by atoms with Gasteiger partial charge in [-0.15, -0.1) is 0 Å². The number of primary amides is 1. The van der Waals surface area contributed by atoms with Crippen LogP contribution in [0, 0.1) is 5.92 Å². The van der Waals surface area contributed by atoms with E-state index in [1.807, 2.05) is 26.0 Å². The molecule has 0 aliphatic heterocycles. The van der Waals surface area contributed by atoms with E-state index < -0.39 is 29.8 Å². The predicted octanol–water partition coefficient (Wildman–Crippen LogP) is 1.26. The summed E-state index contributed by atoms with van der Waals surface area (Å²) in [6, 6.07) is 5.35. The molecule has 2 atom stereocenters. The van der Waals surface area contributed by atoms with Gasteiger partial charge in [0.1, 0.15) is 23.5 Å². The van der Waals surface area contributed by atoms with Gasteiger partial charge < -0.3 is 31.1 Å². The van der Waals surface area contributed by atoms with Gasteiger partial charge in [-0.1, -0.05) is 19.9 Å². The SMILES string of the molecule is COc1cccc2[nH]c(C(=O)N[C@@H](CC(C)C)C(=O)N[C@@H](Cc3cnc[nH]3)C(N)=O)cc12. The van der Waals surface area contributed by atoms with E-state index in [2.05, 4.69) is 25.6 Å². The van der Waals surface area contributed by atoms with Crippen molar-refractivity contribution in [3.63, 3.8) is 0 Å². The van der Waals surface area contributed by atoms with Crippen molar-refractivity contribution in [2.24, 2.45) is 11.7 Å². The standard InChI is InChI=1S/C22H28N6O4/c1-12(2)7-17(21(30)27-16(20(23)29)8-13-10-24-11-25-13)28-22(31)18-9-14-15(26-18)5-4-6-19(14)32-3/h4-6,9-12,16-17,26H,7-8H2,1-3H3,(H2,23,29)(H,24,25)(H,27,30)(H,28,31)/t16-,17-/m0/s1. The predicted molar refractivity (Wildman–Crippen MR) is 119 cm³/mol. The molecule has 6 N–H and O–H groups in total.